The fraction of sp³-hybridized carbons (Fsp3) is 0.562. The van der Waals surface area contributed by atoms with Gasteiger partial charge in [-0.2, -0.15) is 0 Å². The average Bonchev–Trinajstić information content (AvgIpc) is 2.91. The highest BCUT2D eigenvalue weighted by Crippen LogP contribution is 2.39. The molecular formula is C16H22N2O3S2. The van der Waals surface area contributed by atoms with Crippen molar-refractivity contribution < 1.29 is 13.2 Å². The number of hydrogen-bond acceptors (Lipinski definition) is 4. The standard InChI is InChI=1S/C16H22N2O3S2/c1-11(2)8-17-13-9-23(19,20)10-14(13)18(16(17)22)12-6-4-5-7-15(12)21-3/h4-7,11,13-14H,8-10H2,1-3H3/t13-,14-/m1/s1. The van der Waals surface area contributed by atoms with Crippen LogP contribution in [0, 0.1) is 5.92 Å². The van der Waals surface area contributed by atoms with Gasteiger partial charge in [0.15, 0.2) is 14.9 Å². The molecule has 0 N–H and O–H groups in total. The van der Waals surface area contributed by atoms with Gasteiger partial charge in [0.05, 0.1) is 36.4 Å². The Hall–Kier alpha value is -1.34. The van der Waals surface area contributed by atoms with E-state index in [4.69, 9.17) is 17.0 Å². The van der Waals surface area contributed by atoms with Crippen LogP contribution in [0.2, 0.25) is 0 Å². The lowest BCUT2D eigenvalue weighted by Gasteiger charge is -2.27. The third-order valence-corrected chi connectivity index (χ3v) is 6.51. The first-order chi connectivity index (χ1) is 10.8. The molecule has 0 spiro atoms. The summed E-state index contributed by atoms with van der Waals surface area (Å²) < 4.78 is 29.8. The minimum atomic E-state index is -3.04. The number of benzene rings is 1. The van der Waals surface area contributed by atoms with Gasteiger partial charge in [0.1, 0.15) is 5.75 Å². The lowest BCUT2D eigenvalue weighted by atomic mass is 10.1. The summed E-state index contributed by atoms with van der Waals surface area (Å²) in [6, 6.07) is 7.43. The van der Waals surface area contributed by atoms with Crippen LogP contribution >= 0.6 is 12.2 Å². The minimum absolute atomic E-state index is 0.0696. The van der Waals surface area contributed by atoms with Crippen molar-refractivity contribution in [3.63, 3.8) is 0 Å². The van der Waals surface area contributed by atoms with E-state index < -0.39 is 9.84 Å². The molecule has 0 unspecified atom stereocenters. The van der Waals surface area contributed by atoms with Crippen molar-refractivity contribution in [2.45, 2.75) is 25.9 Å². The Kier molecular flexibility index (Phi) is 4.27. The molecule has 2 atom stereocenters. The van der Waals surface area contributed by atoms with Gasteiger partial charge in [-0.15, -0.1) is 0 Å². The topological polar surface area (TPSA) is 49.9 Å². The van der Waals surface area contributed by atoms with E-state index in [9.17, 15) is 8.42 Å². The highest BCUT2D eigenvalue weighted by Gasteiger charge is 2.52. The van der Waals surface area contributed by atoms with Crippen molar-refractivity contribution in [3.05, 3.63) is 24.3 Å². The van der Waals surface area contributed by atoms with Gasteiger partial charge >= 0.3 is 0 Å². The fourth-order valence-corrected chi connectivity index (χ4v) is 5.89. The number of nitrogens with zero attached hydrogens (tertiary/aromatic N) is 2. The molecule has 5 nitrogen and oxygen atoms in total. The molecule has 2 fully saturated rings. The van der Waals surface area contributed by atoms with Gasteiger partial charge < -0.3 is 14.5 Å². The highest BCUT2D eigenvalue weighted by molar-refractivity contribution is 7.91. The summed E-state index contributed by atoms with van der Waals surface area (Å²) in [4.78, 5) is 4.06. The number of fused-ring (bicyclic) bond motifs is 1. The number of methoxy groups -OCH3 is 1. The van der Waals surface area contributed by atoms with Crippen LogP contribution in [0.5, 0.6) is 5.75 Å². The Bertz CT molecular complexity index is 718. The molecule has 126 valence electrons. The highest BCUT2D eigenvalue weighted by atomic mass is 32.2. The summed E-state index contributed by atoms with van der Waals surface area (Å²) in [5.41, 5.74) is 0.846. The molecule has 1 aromatic carbocycles. The molecule has 0 bridgehead atoms. The van der Waals surface area contributed by atoms with Crippen molar-refractivity contribution in [1.82, 2.24) is 4.90 Å². The number of anilines is 1. The molecule has 0 amide bonds. The van der Waals surface area contributed by atoms with Gasteiger partial charge in [-0.3, -0.25) is 0 Å². The van der Waals surface area contributed by atoms with Gasteiger partial charge in [-0.05, 0) is 30.3 Å². The van der Waals surface area contributed by atoms with E-state index in [1.54, 1.807) is 7.11 Å². The van der Waals surface area contributed by atoms with Gasteiger partial charge in [0, 0.05) is 6.54 Å². The summed E-state index contributed by atoms with van der Waals surface area (Å²) in [6.45, 7) is 5.00. The molecule has 2 aliphatic rings. The number of thiocarbonyl (C=S) groups is 1. The second kappa shape index (κ2) is 5.94. The van der Waals surface area contributed by atoms with E-state index in [1.165, 1.54) is 0 Å². The van der Waals surface area contributed by atoms with Gasteiger partial charge in [0.25, 0.3) is 0 Å². The van der Waals surface area contributed by atoms with Crippen LogP contribution < -0.4 is 9.64 Å². The minimum Gasteiger partial charge on any atom is -0.495 e. The second-order valence-corrected chi connectivity index (χ2v) is 9.10. The molecule has 0 aromatic heterocycles. The van der Waals surface area contributed by atoms with Crippen molar-refractivity contribution in [1.29, 1.82) is 0 Å². The van der Waals surface area contributed by atoms with Gasteiger partial charge in [-0.1, -0.05) is 26.0 Å². The molecule has 2 heterocycles. The summed E-state index contributed by atoms with van der Waals surface area (Å²) in [5, 5.41) is 0.702. The van der Waals surface area contributed by atoms with Gasteiger partial charge in [0.2, 0.25) is 0 Å². The Labute approximate surface area is 143 Å². The van der Waals surface area contributed by atoms with E-state index in [-0.39, 0.29) is 23.6 Å². The molecule has 0 saturated carbocycles. The average molecular weight is 354 g/mol. The zero-order valence-corrected chi connectivity index (χ0v) is 15.2. The zero-order chi connectivity index (χ0) is 16.8. The predicted octanol–water partition coefficient (Wildman–Crippen LogP) is 1.92. The Balaban J connectivity index is 2.04. The summed E-state index contributed by atoms with van der Waals surface area (Å²) in [6.07, 6.45) is 0. The first-order valence-corrected chi connectivity index (χ1v) is 10.0. The monoisotopic (exact) mass is 354 g/mol. The maximum Gasteiger partial charge on any atom is 0.176 e. The quantitative estimate of drug-likeness (QED) is 0.770. The van der Waals surface area contributed by atoms with Crippen LogP contribution in [-0.2, 0) is 9.84 Å². The van der Waals surface area contributed by atoms with Crippen LogP contribution in [0.3, 0.4) is 0 Å². The molecule has 2 saturated heterocycles. The first-order valence-electron chi connectivity index (χ1n) is 7.77. The van der Waals surface area contributed by atoms with Crippen LogP contribution in [0.25, 0.3) is 0 Å². The lowest BCUT2D eigenvalue weighted by molar-refractivity contribution is 0.319. The van der Waals surface area contributed by atoms with Crippen LogP contribution in [0.15, 0.2) is 24.3 Å². The van der Waals surface area contributed by atoms with Crippen molar-refractivity contribution >= 4 is 32.9 Å². The van der Waals surface area contributed by atoms with Crippen LogP contribution in [0.1, 0.15) is 13.8 Å². The SMILES string of the molecule is COc1ccccc1N1C(=S)N(CC(C)C)[C@@H]2CS(=O)(=O)C[C@H]21. The maximum absolute atomic E-state index is 12.2. The van der Waals surface area contributed by atoms with Crippen molar-refractivity contribution in [2.75, 3.05) is 30.1 Å². The molecular weight excluding hydrogens is 332 g/mol. The smallest absolute Gasteiger partial charge is 0.176 e. The van der Waals surface area contributed by atoms with Crippen molar-refractivity contribution in [2.24, 2.45) is 5.92 Å². The maximum atomic E-state index is 12.2. The normalized spacial score (nSPS) is 26.0. The second-order valence-electron chi connectivity index (χ2n) is 6.58. The Morgan fingerprint density at radius 2 is 1.91 bits per heavy atom. The van der Waals surface area contributed by atoms with Crippen LogP contribution in [-0.4, -0.2) is 55.7 Å². The largest absolute Gasteiger partial charge is 0.495 e. The Morgan fingerprint density at radius 3 is 2.57 bits per heavy atom. The molecule has 1 aromatic rings. The molecule has 0 radical (unpaired) electrons. The summed E-state index contributed by atoms with van der Waals surface area (Å²) in [7, 11) is -1.42. The third kappa shape index (κ3) is 2.92. The molecule has 0 aliphatic carbocycles. The summed E-state index contributed by atoms with van der Waals surface area (Å²) >= 11 is 5.70. The predicted molar refractivity (Wildman–Crippen MR) is 95.8 cm³/mol. The van der Waals surface area contributed by atoms with E-state index in [0.29, 0.717) is 16.8 Å². The van der Waals surface area contributed by atoms with Crippen LogP contribution in [0.4, 0.5) is 5.69 Å². The zero-order valence-electron chi connectivity index (χ0n) is 13.6. The van der Waals surface area contributed by atoms with Crippen molar-refractivity contribution in [3.8, 4) is 5.75 Å². The Morgan fingerprint density at radius 1 is 1.26 bits per heavy atom. The van der Waals surface area contributed by atoms with E-state index >= 15 is 0 Å². The number of sulfone groups is 1. The third-order valence-electron chi connectivity index (χ3n) is 4.38. The molecule has 3 rings (SSSR count). The lowest BCUT2D eigenvalue weighted by Crippen LogP contribution is -2.39. The van der Waals surface area contributed by atoms with Gasteiger partial charge in [-0.25, -0.2) is 8.42 Å². The number of hydrogen-bond donors (Lipinski definition) is 0. The number of para-hydroxylation sites is 2. The fourth-order valence-electron chi connectivity index (χ4n) is 3.49. The number of ether oxygens (including phenoxy) is 1. The first kappa shape index (κ1) is 16.5. The van der Waals surface area contributed by atoms with E-state index in [2.05, 4.69) is 18.7 Å². The van der Waals surface area contributed by atoms with E-state index in [1.807, 2.05) is 29.2 Å². The summed E-state index contributed by atoms with van der Waals surface area (Å²) in [5.74, 6) is 1.44. The number of rotatable bonds is 4. The molecule has 23 heavy (non-hydrogen) atoms. The van der Waals surface area contributed by atoms with E-state index in [0.717, 1.165) is 12.2 Å². The molecule has 2 aliphatic heterocycles. The molecule has 7 heteroatoms.